The second kappa shape index (κ2) is 5.41. The summed E-state index contributed by atoms with van der Waals surface area (Å²) in [6.45, 7) is 2.97. The maximum Gasteiger partial charge on any atom is 0.322 e. The van der Waals surface area contributed by atoms with Gasteiger partial charge in [-0.1, -0.05) is 0 Å². The second-order valence-electron chi connectivity index (χ2n) is 5.09. The number of hydrogen-bond donors (Lipinski definition) is 3. The van der Waals surface area contributed by atoms with Gasteiger partial charge in [-0.25, -0.2) is 4.79 Å². The monoisotopic (exact) mass is 294 g/mol. The predicted octanol–water partition coefficient (Wildman–Crippen LogP) is 0.773. The summed E-state index contributed by atoms with van der Waals surface area (Å²) in [5, 5.41) is 6.69. The van der Waals surface area contributed by atoms with Crippen molar-refractivity contribution in [2.24, 2.45) is 5.73 Å². The fraction of sp³-hybridized carbons (Fsp3) is 0.538. The van der Waals surface area contributed by atoms with E-state index in [4.69, 9.17) is 5.73 Å². The minimum atomic E-state index is -0.444. The summed E-state index contributed by atoms with van der Waals surface area (Å²) in [4.78, 5) is 26.8. The number of fused-ring (bicyclic) bond motifs is 1. The molecule has 1 aromatic heterocycles. The number of aryl methyl sites for hydroxylation is 1. The number of carbonyl (C=O) groups is 2. The Morgan fingerprint density at radius 3 is 2.70 bits per heavy atom. The zero-order valence-corrected chi connectivity index (χ0v) is 12.0. The SMILES string of the molecule is NC(=O)c1c(NC(=O)N2CCNCC2)sc2c1CCC2. The van der Waals surface area contributed by atoms with Crippen LogP contribution in [-0.2, 0) is 12.8 Å². The molecule has 1 fully saturated rings. The summed E-state index contributed by atoms with van der Waals surface area (Å²) in [6.07, 6.45) is 2.92. The lowest BCUT2D eigenvalue weighted by Crippen LogP contribution is -2.48. The molecule has 4 N–H and O–H groups in total. The molecule has 6 nitrogen and oxygen atoms in total. The molecule has 2 heterocycles. The summed E-state index contributed by atoms with van der Waals surface area (Å²) in [5.41, 5.74) is 7.04. The number of nitrogens with zero attached hydrogens (tertiary/aromatic N) is 1. The Labute approximate surface area is 121 Å². The molecule has 108 valence electrons. The molecule has 1 saturated heterocycles. The van der Waals surface area contributed by atoms with Crippen molar-refractivity contribution in [2.75, 3.05) is 31.5 Å². The van der Waals surface area contributed by atoms with Gasteiger partial charge in [0.05, 0.1) is 5.56 Å². The number of amides is 3. The predicted molar refractivity (Wildman–Crippen MR) is 78.3 cm³/mol. The molecule has 0 radical (unpaired) electrons. The number of urea groups is 1. The van der Waals surface area contributed by atoms with Crippen molar-refractivity contribution < 1.29 is 9.59 Å². The van der Waals surface area contributed by atoms with Gasteiger partial charge >= 0.3 is 6.03 Å². The fourth-order valence-corrected chi connectivity index (χ4v) is 4.08. The number of nitrogens with one attached hydrogen (secondary N) is 2. The molecule has 3 rings (SSSR count). The number of nitrogens with two attached hydrogens (primary N) is 1. The van der Waals surface area contributed by atoms with Crippen molar-refractivity contribution in [1.29, 1.82) is 0 Å². The first-order valence-corrected chi connectivity index (χ1v) is 7.69. The fourth-order valence-electron chi connectivity index (χ4n) is 2.80. The van der Waals surface area contributed by atoms with E-state index in [2.05, 4.69) is 10.6 Å². The first-order chi connectivity index (χ1) is 9.66. The molecule has 1 aliphatic carbocycles. The average molecular weight is 294 g/mol. The van der Waals surface area contributed by atoms with Gasteiger partial charge in [-0.05, 0) is 24.8 Å². The standard InChI is InChI=1S/C13H18N4O2S/c14-11(18)10-8-2-1-3-9(8)20-12(10)16-13(19)17-6-4-15-5-7-17/h15H,1-7H2,(H2,14,18)(H,16,19). The molecule has 3 amide bonds. The van der Waals surface area contributed by atoms with Gasteiger partial charge in [0, 0.05) is 31.1 Å². The number of carbonyl (C=O) groups excluding carboxylic acids is 2. The molecule has 1 aliphatic heterocycles. The number of primary amides is 1. The van der Waals surface area contributed by atoms with Crippen LogP contribution in [0.25, 0.3) is 0 Å². The van der Waals surface area contributed by atoms with Gasteiger partial charge in [0.2, 0.25) is 0 Å². The van der Waals surface area contributed by atoms with Crippen LogP contribution >= 0.6 is 11.3 Å². The Morgan fingerprint density at radius 2 is 2.00 bits per heavy atom. The van der Waals surface area contributed by atoms with Crippen LogP contribution in [0.3, 0.4) is 0 Å². The summed E-state index contributed by atoms with van der Waals surface area (Å²) < 4.78 is 0. The minimum Gasteiger partial charge on any atom is -0.365 e. The summed E-state index contributed by atoms with van der Waals surface area (Å²) in [5.74, 6) is -0.444. The largest absolute Gasteiger partial charge is 0.365 e. The highest BCUT2D eigenvalue weighted by Crippen LogP contribution is 2.38. The average Bonchev–Trinajstić information content (AvgIpc) is 2.99. The zero-order valence-electron chi connectivity index (χ0n) is 11.2. The van der Waals surface area contributed by atoms with E-state index in [0.717, 1.165) is 37.9 Å². The van der Waals surface area contributed by atoms with E-state index in [1.165, 1.54) is 16.2 Å². The first-order valence-electron chi connectivity index (χ1n) is 6.88. The van der Waals surface area contributed by atoms with E-state index in [1.807, 2.05) is 0 Å². The smallest absolute Gasteiger partial charge is 0.322 e. The lowest BCUT2D eigenvalue weighted by molar-refractivity contribution is 0.100. The lowest BCUT2D eigenvalue weighted by Gasteiger charge is -2.27. The first kappa shape index (κ1) is 13.4. The Hall–Kier alpha value is -1.60. The topological polar surface area (TPSA) is 87.5 Å². The Balaban J connectivity index is 1.80. The van der Waals surface area contributed by atoms with Crippen LogP contribution in [0.5, 0.6) is 0 Å². The van der Waals surface area contributed by atoms with Gasteiger partial charge < -0.3 is 16.0 Å². The van der Waals surface area contributed by atoms with Crippen LogP contribution in [0.2, 0.25) is 0 Å². The van der Waals surface area contributed by atoms with E-state index < -0.39 is 5.91 Å². The maximum absolute atomic E-state index is 12.2. The number of anilines is 1. The molecule has 0 spiro atoms. The number of piperazine rings is 1. The van der Waals surface area contributed by atoms with Gasteiger partial charge in [0.1, 0.15) is 5.00 Å². The summed E-state index contributed by atoms with van der Waals surface area (Å²) in [6, 6.07) is -0.145. The van der Waals surface area contributed by atoms with Crippen LogP contribution in [0.15, 0.2) is 0 Å². The lowest BCUT2D eigenvalue weighted by atomic mass is 10.1. The van der Waals surface area contributed by atoms with Crippen molar-refractivity contribution in [3.63, 3.8) is 0 Å². The third-order valence-corrected chi connectivity index (χ3v) is 5.00. The van der Waals surface area contributed by atoms with Crippen molar-refractivity contribution in [3.8, 4) is 0 Å². The Morgan fingerprint density at radius 1 is 1.25 bits per heavy atom. The molecule has 0 unspecified atom stereocenters. The van der Waals surface area contributed by atoms with Crippen LogP contribution in [-0.4, -0.2) is 43.0 Å². The van der Waals surface area contributed by atoms with Gasteiger partial charge in [-0.3, -0.25) is 10.1 Å². The van der Waals surface area contributed by atoms with E-state index in [9.17, 15) is 9.59 Å². The van der Waals surface area contributed by atoms with Crippen LogP contribution < -0.4 is 16.4 Å². The van der Waals surface area contributed by atoms with Gasteiger partial charge in [0.25, 0.3) is 5.91 Å². The minimum absolute atomic E-state index is 0.145. The molecule has 1 aromatic rings. The van der Waals surface area contributed by atoms with Crippen molar-refractivity contribution in [3.05, 3.63) is 16.0 Å². The molecule has 0 aromatic carbocycles. The van der Waals surface area contributed by atoms with Gasteiger partial charge in [0.15, 0.2) is 0 Å². The van der Waals surface area contributed by atoms with Crippen molar-refractivity contribution in [2.45, 2.75) is 19.3 Å². The van der Waals surface area contributed by atoms with E-state index in [0.29, 0.717) is 23.7 Å². The van der Waals surface area contributed by atoms with E-state index in [-0.39, 0.29) is 6.03 Å². The summed E-state index contributed by atoms with van der Waals surface area (Å²) in [7, 11) is 0. The third-order valence-electron chi connectivity index (χ3n) is 3.79. The molecule has 20 heavy (non-hydrogen) atoms. The highest BCUT2D eigenvalue weighted by molar-refractivity contribution is 7.17. The van der Waals surface area contributed by atoms with Crippen LogP contribution in [0.4, 0.5) is 9.80 Å². The number of hydrogen-bond acceptors (Lipinski definition) is 4. The number of thiophene rings is 1. The second-order valence-corrected chi connectivity index (χ2v) is 6.20. The molecular formula is C13H18N4O2S. The van der Waals surface area contributed by atoms with Crippen molar-refractivity contribution in [1.82, 2.24) is 10.2 Å². The highest BCUT2D eigenvalue weighted by atomic mass is 32.1. The maximum atomic E-state index is 12.2. The van der Waals surface area contributed by atoms with Crippen LogP contribution in [0.1, 0.15) is 27.2 Å². The normalized spacial score (nSPS) is 17.9. The molecule has 2 aliphatic rings. The van der Waals surface area contributed by atoms with Gasteiger partial charge in [-0.15, -0.1) is 11.3 Å². The van der Waals surface area contributed by atoms with E-state index >= 15 is 0 Å². The molecule has 0 atom stereocenters. The molecule has 0 saturated carbocycles. The quantitative estimate of drug-likeness (QED) is 0.753. The molecular weight excluding hydrogens is 276 g/mol. The Kier molecular flexibility index (Phi) is 3.62. The van der Waals surface area contributed by atoms with Crippen LogP contribution in [0, 0.1) is 0 Å². The van der Waals surface area contributed by atoms with Crippen molar-refractivity contribution >= 4 is 28.3 Å². The van der Waals surface area contributed by atoms with Gasteiger partial charge in [-0.2, -0.15) is 0 Å². The third kappa shape index (κ3) is 2.38. The number of rotatable bonds is 2. The molecule has 7 heteroatoms. The van der Waals surface area contributed by atoms with E-state index in [1.54, 1.807) is 4.90 Å². The highest BCUT2D eigenvalue weighted by Gasteiger charge is 2.27. The molecule has 0 bridgehead atoms. The Bertz CT molecular complexity index is 549. The summed E-state index contributed by atoms with van der Waals surface area (Å²) >= 11 is 1.49. The zero-order chi connectivity index (χ0) is 14.1.